The van der Waals surface area contributed by atoms with Gasteiger partial charge in [0.1, 0.15) is 0 Å². The van der Waals surface area contributed by atoms with Gasteiger partial charge in [0, 0.05) is 4.47 Å². The molecule has 0 aliphatic carbocycles. The number of nitrogens with zero attached hydrogens (tertiary/aromatic N) is 3. The lowest BCUT2D eigenvalue weighted by molar-refractivity contribution is -0.138. The molecule has 90 valence electrons. The first kappa shape index (κ1) is 11.8. The van der Waals surface area contributed by atoms with Crippen molar-refractivity contribution in [3.8, 4) is 5.69 Å². The van der Waals surface area contributed by atoms with Crippen LogP contribution in [0.5, 0.6) is 0 Å². The fourth-order valence-corrected chi connectivity index (χ4v) is 1.82. The third kappa shape index (κ3) is 2.23. The number of aromatic nitrogens is 4. The minimum absolute atomic E-state index is 0.169. The second kappa shape index (κ2) is 3.99. The molecule has 2 aromatic rings. The second-order valence-corrected chi connectivity index (χ2v) is 3.93. The predicted octanol–water partition coefficient (Wildman–Crippen LogP) is 1.74. The zero-order chi connectivity index (χ0) is 12.6. The lowest BCUT2D eigenvalue weighted by Gasteiger charge is -2.09. The summed E-state index contributed by atoms with van der Waals surface area (Å²) in [6, 6.07) is 3.14. The molecule has 0 fully saturated rings. The van der Waals surface area contributed by atoms with Crippen molar-refractivity contribution in [1.29, 1.82) is 0 Å². The summed E-state index contributed by atoms with van der Waals surface area (Å²) in [6.45, 7) is 0. The lowest BCUT2D eigenvalue weighted by atomic mass is 10.2. The van der Waals surface area contributed by atoms with Crippen LogP contribution in [0.2, 0.25) is 0 Å². The van der Waals surface area contributed by atoms with E-state index in [0.29, 0.717) is 0 Å². The summed E-state index contributed by atoms with van der Waals surface area (Å²) in [6.07, 6.45) is -4.45. The normalized spacial score (nSPS) is 11.8. The molecule has 0 aliphatic heterocycles. The Morgan fingerprint density at radius 1 is 1.35 bits per heavy atom. The summed E-state index contributed by atoms with van der Waals surface area (Å²) in [5.74, 6) is 0. The molecule has 0 spiro atoms. The summed E-state index contributed by atoms with van der Waals surface area (Å²) in [5.41, 5.74) is -1.27. The molecule has 0 saturated heterocycles. The SMILES string of the molecule is O=c1[nH]nnn1-c1ccc(C(F)(F)F)c(Br)c1. The highest BCUT2D eigenvalue weighted by Gasteiger charge is 2.32. The number of halogens is 4. The molecule has 2 rings (SSSR count). The number of H-pyrrole nitrogens is 1. The fraction of sp³-hybridized carbons (Fsp3) is 0.125. The summed E-state index contributed by atoms with van der Waals surface area (Å²) >= 11 is 2.80. The maximum absolute atomic E-state index is 12.5. The molecule has 1 N–H and O–H groups in total. The van der Waals surface area contributed by atoms with Gasteiger partial charge < -0.3 is 0 Å². The molecule has 0 bridgehead atoms. The van der Waals surface area contributed by atoms with Gasteiger partial charge in [0.25, 0.3) is 0 Å². The van der Waals surface area contributed by atoms with Crippen LogP contribution in [-0.4, -0.2) is 20.2 Å². The minimum atomic E-state index is -4.45. The van der Waals surface area contributed by atoms with Crippen molar-refractivity contribution >= 4 is 15.9 Å². The number of aromatic amines is 1. The Hall–Kier alpha value is -1.64. The van der Waals surface area contributed by atoms with E-state index >= 15 is 0 Å². The van der Waals surface area contributed by atoms with Crippen molar-refractivity contribution in [1.82, 2.24) is 20.2 Å². The molecule has 17 heavy (non-hydrogen) atoms. The number of alkyl halides is 3. The van der Waals surface area contributed by atoms with E-state index in [4.69, 9.17) is 0 Å². The van der Waals surface area contributed by atoms with Crippen molar-refractivity contribution in [2.24, 2.45) is 0 Å². The second-order valence-electron chi connectivity index (χ2n) is 3.08. The van der Waals surface area contributed by atoms with Gasteiger partial charge in [0.15, 0.2) is 0 Å². The van der Waals surface area contributed by atoms with Crippen LogP contribution >= 0.6 is 15.9 Å². The molecule has 0 atom stereocenters. The molecule has 1 aromatic carbocycles. The van der Waals surface area contributed by atoms with Crippen molar-refractivity contribution < 1.29 is 13.2 Å². The van der Waals surface area contributed by atoms with Crippen LogP contribution in [-0.2, 0) is 6.18 Å². The molecule has 5 nitrogen and oxygen atoms in total. The van der Waals surface area contributed by atoms with Gasteiger partial charge in [-0.2, -0.15) is 17.9 Å². The molecule has 0 aliphatic rings. The first-order valence-electron chi connectivity index (χ1n) is 4.27. The highest BCUT2D eigenvalue weighted by molar-refractivity contribution is 9.10. The number of nitrogens with one attached hydrogen (secondary N) is 1. The van der Waals surface area contributed by atoms with Crippen LogP contribution in [0.3, 0.4) is 0 Å². The van der Waals surface area contributed by atoms with Gasteiger partial charge >= 0.3 is 11.9 Å². The number of benzene rings is 1. The van der Waals surface area contributed by atoms with Crippen LogP contribution in [0.1, 0.15) is 5.56 Å². The number of hydrogen-bond acceptors (Lipinski definition) is 3. The van der Waals surface area contributed by atoms with E-state index in [9.17, 15) is 18.0 Å². The van der Waals surface area contributed by atoms with Crippen LogP contribution in [0.15, 0.2) is 27.5 Å². The first-order chi connectivity index (χ1) is 7.89. The van der Waals surface area contributed by atoms with E-state index in [1.807, 2.05) is 5.10 Å². The highest BCUT2D eigenvalue weighted by Crippen LogP contribution is 2.35. The van der Waals surface area contributed by atoms with Crippen molar-refractivity contribution in [2.75, 3.05) is 0 Å². The van der Waals surface area contributed by atoms with E-state index in [1.165, 1.54) is 0 Å². The van der Waals surface area contributed by atoms with Gasteiger partial charge in [-0.25, -0.2) is 9.89 Å². The topological polar surface area (TPSA) is 63.6 Å². The standard InChI is InChI=1S/C8H4BrF3N4O/c9-6-3-4(16-7(17)13-14-15-16)1-2-5(6)8(10,11)12/h1-3H,(H,13,15,17). The number of rotatable bonds is 1. The summed E-state index contributed by atoms with van der Waals surface area (Å²) in [4.78, 5) is 11.2. The van der Waals surface area contributed by atoms with Gasteiger partial charge in [-0.15, -0.1) is 0 Å². The van der Waals surface area contributed by atoms with Crippen LogP contribution < -0.4 is 5.69 Å². The first-order valence-corrected chi connectivity index (χ1v) is 5.06. The van der Waals surface area contributed by atoms with Gasteiger partial charge in [-0.3, -0.25) is 0 Å². The van der Waals surface area contributed by atoms with Crippen molar-refractivity contribution in [2.45, 2.75) is 6.18 Å². The molecular weight excluding hydrogens is 305 g/mol. The van der Waals surface area contributed by atoms with E-state index < -0.39 is 17.4 Å². The number of tetrazole rings is 1. The predicted molar refractivity (Wildman–Crippen MR) is 54.7 cm³/mol. The zero-order valence-electron chi connectivity index (χ0n) is 7.99. The van der Waals surface area contributed by atoms with Crippen molar-refractivity contribution in [3.05, 3.63) is 38.7 Å². The fourth-order valence-electron chi connectivity index (χ4n) is 1.23. The molecule has 0 radical (unpaired) electrons. The third-order valence-electron chi connectivity index (χ3n) is 1.97. The van der Waals surface area contributed by atoms with E-state index in [0.717, 1.165) is 22.9 Å². The average Bonchev–Trinajstić information content (AvgIpc) is 2.62. The third-order valence-corrected chi connectivity index (χ3v) is 2.63. The monoisotopic (exact) mass is 308 g/mol. The largest absolute Gasteiger partial charge is 0.417 e. The van der Waals surface area contributed by atoms with Crippen LogP contribution in [0, 0.1) is 0 Å². The molecule has 1 aromatic heterocycles. The smallest absolute Gasteiger partial charge is 0.244 e. The highest BCUT2D eigenvalue weighted by atomic mass is 79.9. The summed E-state index contributed by atoms with van der Waals surface area (Å²) in [7, 11) is 0. The van der Waals surface area contributed by atoms with Gasteiger partial charge in [-0.1, -0.05) is 15.9 Å². The van der Waals surface area contributed by atoms with E-state index in [1.54, 1.807) is 0 Å². The summed E-state index contributed by atoms with van der Waals surface area (Å²) in [5, 5.41) is 8.69. The number of hydrogen-bond donors (Lipinski definition) is 1. The quantitative estimate of drug-likeness (QED) is 0.873. The Morgan fingerprint density at radius 2 is 2.06 bits per heavy atom. The Bertz CT molecular complexity index is 603. The van der Waals surface area contributed by atoms with E-state index in [2.05, 4.69) is 26.4 Å². The van der Waals surface area contributed by atoms with Crippen LogP contribution in [0.25, 0.3) is 5.69 Å². The van der Waals surface area contributed by atoms with Gasteiger partial charge in [0.05, 0.1) is 11.3 Å². The van der Waals surface area contributed by atoms with E-state index in [-0.39, 0.29) is 10.2 Å². The molecule has 1 heterocycles. The Kier molecular flexibility index (Phi) is 2.77. The molecule has 0 unspecified atom stereocenters. The Labute approximate surface area is 100 Å². The Balaban J connectivity index is 2.52. The average molecular weight is 309 g/mol. The molecule has 0 amide bonds. The minimum Gasteiger partial charge on any atom is -0.244 e. The molecule has 0 saturated carbocycles. The van der Waals surface area contributed by atoms with Crippen LogP contribution in [0.4, 0.5) is 13.2 Å². The molecular formula is C8H4BrF3N4O. The maximum atomic E-state index is 12.5. The maximum Gasteiger partial charge on any atom is 0.417 e. The van der Waals surface area contributed by atoms with Crippen molar-refractivity contribution in [3.63, 3.8) is 0 Å². The van der Waals surface area contributed by atoms with Gasteiger partial charge in [-0.05, 0) is 28.6 Å². The summed E-state index contributed by atoms with van der Waals surface area (Å²) < 4.78 is 38.1. The molecule has 9 heteroatoms. The lowest BCUT2D eigenvalue weighted by Crippen LogP contribution is -2.16. The zero-order valence-corrected chi connectivity index (χ0v) is 9.58. The Morgan fingerprint density at radius 3 is 2.53 bits per heavy atom. The van der Waals surface area contributed by atoms with Gasteiger partial charge in [0.2, 0.25) is 0 Å².